The molecule has 3 aromatic heterocycles. The van der Waals surface area contributed by atoms with Crippen LogP contribution in [0.4, 0.5) is 93.5 Å². The van der Waals surface area contributed by atoms with Crippen molar-refractivity contribution >= 4 is 46.1 Å². The molecule has 0 fully saturated rings. The van der Waals surface area contributed by atoms with Gasteiger partial charge in [-0.15, -0.1) is 0 Å². The molecular formula is C44H10F20N4. The summed E-state index contributed by atoms with van der Waals surface area (Å²) in [5, 5.41) is 0. The van der Waals surface area contributed by atoms with E-state index in [4.69, 9.17) is 0 Å². The van der Waals surface area contributed by atoms with Crippen molar-refractivity contribution < 1.29 is 87.8 Å². The van der Waals surface area contributed by atoms with Crippen LogP contribution in [0, 0.1) is 116 Å². The van der Waals surface area contributed by atoms with Gasteiger partial charge < -0.3 is 9.97 Å². The molecule has 5 heterocycles. The molecular weight excluding hydrogens is 964 g/mol. The third kappa shape index (κ3) is 6.39. The fourth-order valence-corrected chi connectivity index (χ4v) is 7.58. The number of benzene rings is 4. The molecule has 0 radical (unpaired) electrons. The van der Waals surface area contributed by atoms with E-state index < -0.39 is 206 Å². The van der Waals surface area contributed by atoms with E-state index in [0.29, 0.717) is 48.7 Å². The van der Waals surface area contributed by atoms with Crippen molar-refractivity contribution in [3.05, 3.63) is 164 Å². The van der Waals surface area contributed by atoms with Crippen LogP contribution >= 0.6 is 0 Å². The van der Waals surface area contributed by atoms with Crippen molar-refractivity contribution in [2.24, 2.45) is 4.99 Å². The van der Waals surface area contributed by atoms with Crippen LogP contribution in [0.15, 0.2) is 35.3 Å². The zero-order valence-electron chi connectivity index (χ0n) is 32.1. The van der Waals surface area contributed by atoms with Crippen LogP contribution in [0.1, 0.15) is 17.0 Å². The molecule has 2 aliphatic heterocycles. The first-order valence-electron chi connectivity index (χ1n) is 18.3. The van der Waals surface area contributed by atoms with Gasteiger partial charge in [0.25, 0.3) is 0 Å². The van der Waals surface area contributed by atoms with Gasteiger partial charge in [0.05, 0.1) is 39.3 Å². The lowest BCUT2D eigenvalue weighted by Gasteiger charge is -2.12. The van der Waals surface area contributed by atoms with E-state index >= 15 is 35.1 Å². The summed E-state index contributed by atoms with van der Waals surface area (Å²) in [6.07, 6.45) is 1.66. The lowest BCUT2D eigenvalue weighted by Crippen LogP contribution is -2.06. The average molecular weight is 975 g/mol. The van der Waals surface area contributed by atoms with Gasteiger partial charge in [-0.2, -0.15) is 0 Å². The zero-order chi connectivity index (χ0) is 49.3. The number of aliphatic imine (C=N–C) groups is 1. The Balaban J connectivity index is 1.60. The van der Waals surface area contributed by atoms with E-state index in [1.165, 1.54) is 0 Å². The molecule has 0 amide bonds. The van der Waals surface area contributed by atoms with Crippen molar-refractivity contribution in [3.63, 3.8) is 0 Å². The number of nitrogens with one attached hydrogen (secondary N) is 2. The molecule has 4 nitrogen and oxygen atoms in total. The maximum Gasteiger partial charge on any atom is 0.200 e. The Morgan fingerprint density at radius 3 is 0.853 bits per heavy atom. The van der Waals surface area contributed by atoms with Crippen molar-refractivity contribution in [1.29, 1.82) is 0 Å². The second kappa shape index (κ2) is 15.9. The molecule has 2 N–H and O–H groups in total. The molecule has 8 bridgehead atoms. The molecule has 2 aliphatic rings. The normalized spacial score (nSPS) is 12.3. The summed E-state index contributed by atoms with van der Waals surface area (Å²) in [7, 11) is 0. The molecule has 0 saturated heterocycles. The number of hydrogen-bond donors (Lipinski definition) is 2. The molecule has 24 heteroatoms. The monoisotopic (exact) mass is 974 g/mol. The molecule has 9 rings (SSSR count). The highest BCUT2D eigenvalue weighted by molar-refractivity contribution is 6.05. The van der Waals surface area contributed by atoms with Crippen LogP contribution in [0.3, 0.4) is 0 Å². The lowest BCUT2D eigenvalue weighted by atomic mass is 9.98. The van der Waals surface area contributed by atoms with Crippen LogP contribution in [-0.2, 0) is 0 Å². The first-order chi connectivity index (χ1) is 32.1. The quantitative estimate of drug-likeness (QED) is 0.103. The number of hydrogen-bond acceptors (Lipinski definition) is 2. The van der Waals surface area contributed by atoms with Gasteiger partial charge in [-0.05, 0) is 42.5 Å². The summed E-state index contributed by atoms with van der Waals surface area (Å²) in [5.41, 5.74) is -20.2. The van der Waals surface area contributed by atoms with Gasteiger partial charge in [0.2, 0.25) is 23.3 Å². The van der Waals surface area contributed by atoms with Gasteiger partial charge in [0.15, 0.2) is 93.1 Å². The Morgan fingerprint density at radius 2 is 0.529 bits per heavy atom. The average Bonchev–Trinajstić information content (AvgIpc) is 4.18. The number of halogens is 20. The Morgan fingerprint density at radius 1 is 0.279 bits per heavy atom. The SMILES string of the molecule is Fc1c(F)c(F)c(-c2c3cc(c(-c4c(F)c(F)c(F)c(F)c4F)c4ccc([nH]4)c(-c4c(F)c(F)c(F)c(F)c4F)c4nc(c(-c5c(F)c(F)c(F)c(F)c5F)c5ccc2[nH]5)C=C4)N=C3)c(F)c1F. The predicted octanol–water partition coefficient (Wildman–Crippen LogP) is 14.3. The topological polar surface area (TPSA) is 56.8 Å². The summed E-state index contributed by atoms with van der Waals surface area (Å²) >= 11 is 0. The van der Waals surface area contributed by atoms with E-state index in [1.807, 2.05) is 0 Å². The Labute approximate surface area is 361 Å². The number of fused-ring (bicyclic) bond motifs is 8. The van der Waals surface area contributed by atoms with Crippen molar-refractivity contribution in [3.8, 4) is 44.5 Å². The minimum Gasteiger partial charge on any atom is -0.354 e. The Hall–Kier alpha value is -7.92. The fraction of sp³-hybridized carbons (Fsp3) is 0. The second-order valence-corrected chi connectivity index (χ2v) is 14.3. The summed E-state index contributed by atoms with van der Waals surface area (Å²) in [5.74, 6) is -52.6. The van der Waals surface area contributed by atoms with Gasteiger partial charge in [0.1, 0.15) is 0 Å². The van der Waals surface area contributed by atoms with E-state index in [2.05, 4.69) is 19.9 Å². The Kier molecular flexibility index (Phi) is 10.6. The highest BCUT2D eigenvalue weighted by atomic mass is 19.2. The molecule has 0 atom stereocenters. The largest absolute Gasteiger partial charge is 0.354 e. The fourth-order valence-electron chi connectivity index (χ4n) is 7.58. The summed E-state index contributed by atoms with van der Waals surface area (Å²) in [6, 6.07) is 3.02. The maximum absolute atomic E-state index is 15.8. The van der Waals surface area contributed by atoms with Crippen LogP contribution in [0.2, 0.25) is 0 Å². The van der Waals surface area contributed by atoms with Crippen LogP contribution in [-0.4, -0.2) is 21.2 Å². The third-order valence-electron chi connectivity index (χ3n) is 10.6. The highest BCUT2D eigenvalue weighted by Crippen LogP contribution is 2.46. The summed E-state index contributed by atoms with van der Waals surface area (Å²) in [6.45, 7) is 0. The van der Waals surface area contributed by atoms with Crippen molar-refractivity contribution in [1.82, 2.24) is 15.0 Å². The highest BCUT2D eigenvalue weighted by Gasteiger charge is 2.35. The number of aromatic amines is 2. The molecule has 0 saturated carbocycles. The number of rotatable bonds is 4. The second-order valence-electron chi connectivity index (χ2n) is 14.3. The van der Waals surface area contributed by atoms with Crippen molar-refractivity contribution in [2.75, 3.05) is 0 Å². The smallest absolute Gasteiger partial charge is 0.200 e. The predicted molar refractivity (Wildman–Crippen MR) is 200 cm³/mol. The molecule has 68 heavy (non-hydrogen) atoms. The molecule has 0 unspecified atom stereocenters. The zero-order valence-corrected chi connectivity index (χ0v) is 32.1. The number of aromatic nitrogens is 3. The maximum atomic E-state index is 15.8. The number of H-pyrrole nitrogens is 2. The standard InChI is InChI=1S/C44H10F20N4/c45-25-21(26(46)34(54)41(61)33(25)53)17-9-7-16(65-8-9)20(24-31(51)39(59)44(64)40(60)32(24)52)15-6-5-14(68-15)19(23-29(49)37(57)43(63)38(58)30(23)50)13-4-3-12(67-13)18(11-2-1-10(17)66-11)22-27(47)35(55)42(62)36(56)28(22)48/h1-8,66,68H. The molecule has 346 valence electrons. The minimum atomic E-state index is -2.72. The first-order valence-corrected chi connectivity index (χ1v) is 18.3. The minimum absolute atomic E-state index is 0.461. The first kappa shape index (κ1) is 45.2. The third-order valence-corrected chi connectivity index (χ3v) is 10.6. The van der Waals surface area contributed by atoms with Gasteiger partial charge in [-0.25, -0.2) is 92.8 Å². The van der Waals surface area contributed by atoms with Gasteiger partial charge in [-0.1, -0.05) is 0 Å². The molecule has 0 spiro atoms. The number of nitrogens with zero attached hydrogens (tertiary/aromatic N) is 2. The van der Waals surface area contributed by atoms with Gasteiger partial charge >= 0.3 is 0 Å². The lowest BCUT2D eigenvalue weighted by molar-refractivity contribution is 0.381. The van der Waals surface area contributed by atoms with Crippen molar-refractivity contribution in [2.45, 2.75) is 0 Å². The van der Waals surface area contributed by atoms with Crippen LogP contribution in [0.25, 0.3) is 78.7 Å². The van der Waals surface area contributed by atoms with E-state index in [0.717, 1.165) is 0 Å². The van der Waals surface area contributed by atoms with E-state index in [1.54, 1.807) is 0 Å². The van der Waals surface area contributed by atoms with E-state index in [-0.39, 0.29) is 0 Å². The molecule has 7 aromatic rings. The van der Waals surface area contributed by atoms with E-state index in [9.17, 15) is 52.7 Å². The Bertz CT molecular complexity index is 3120. The van der Waals surface area contributed by atoms with Gasteiger partial charge in [0, 0.05) is 56.1 Å². The molecule has 4 aromatic carbocycles. The van der Waals surface area contributed by atoms with Gasteiger partial charge in [-0.3, -0.25) is 4.99 Å². The van der Waals surface area contributed by atoms with Crippen LogP contribution < -0.4 is 0 Å². The summed E-state index contributed by atoms with van der Waals surface area (Å²) in [4.78, 5) is 12.2. The summed E-state index contributed by atoms with van der Waals surface area (Å²) < 4.78 is 303. The molecule has 0 aliphatic carbocycles. The van der Waals surface area contributed by atoms with Crippen LogP contribution in [0.5, 0.6) is 0 Å².